The summed E-state index contributed by atoms with van der Waals surface area (Å²) in [6.45, 7) is 1.83. The lowest BCUT2D eigenvalue weighted by Gasteiger charge is -2.22. The van der Waals surface area contributed by atoms with E-state index in [2.05, 4.69) is 15.4 Å². The maximum atomic E-state index is 12.3. The molecule has 2 heterocycles. The second-order valence-corrected chi connectivity index (χ2v) is 6.57. The van der Waals surface area contributed by atoms with Crippen molar-refractivity contribution in [2.45, 2.75) is 12.5 Å². The number of aryl methyl sites for hydroxylation is 1. The van der Waals surface area contributed by atoms with E-state index < -0.39 is 5.60 Å². The van der Waals surface area contributed by atoms with E-state index in [1.807, 2.05) is 16.8 Å². The normalized spacial score (nSPS) is 13.5. The van der Waals surface area contributed by atoms with Gasteiger partial charge in [-0.3, -0.25) is 9.48 Å². The van der Waals surface area contributed by atoms with Gasteiger partial charge < -0.3 is 10.4 Å². The number of carbonyl (C=O) groups is 1. The van der Waals surface area contributed by atoms with Crippen LogP contribution in [-0.2, 0) is 12.6 Å². The van der Waals surface area contributed by atoms with Crippen LogP contribution in [0.15, 0.2) is 47.4 Å². The zero-order valence-corrected chi connectivity index (χ0v) is 14.2. The van der Waals surface area contributed by atoms with Crippen LogP contribution in [0.1, 0.15) is 22.8 Å². The summed E-state index contributed by atoms with van der Waals surface area (Å²) in [5, 5.41) is 21.2. The molecule has 7 heteroatoms. The summed E-state index contributed by atoms with van der Waals surface area (Å²) in [5.74, 6) is 0.385. The van der Waals surface area contributed by atoms with Crippen molar-refractivity contribution in [3.8, 4) is 11.4 Å². The van der Waals surface area contributed by atoms with Crippen LogP contribution < -0.4 is 5.32 Å². The van der Waals surface area contributed by atoms with E-state index in [4.69, 9.17) is 0 Å². The molecular formula is C17H18N4O2S. The van der Waals surface area contributed by atoms with E-state index in [1.54, 1.807) is 49.2 Å². The third-order valence-electron chi connectivity index (χ3n) is 3.74. The Morgan fingerprint density at radius 2 is 2.08 bits per heavy atom. The van der Waals surface area contributed by atoms with Crippen LogP contribution in [0.2, 0.25) is 0 Å². The molecule has 0 spiro atoms. The molecule has 0 saturated heterocycles. The Morgan fingerprint density at radius 1 is 1.33 bits per heavy atom. The number of nitrogens with one attached hydrogen (secondary N) is 1. The molecule has 1 amide bonds. The van der Waals surface area contributed by atoms with Crippen LogP contribution >= 0.6 is 11.3 Å². The van der Waals surface area contributed by atoms with E-state index in [0.29, 0.717) is 11.4 Å². The van der Waals surface area contributed by atoms with Gasteiger partial charge >= 0.3 is 0 Å². The molecule has 0 fully saturated rings. The second-order valence-electron chi connectivity index (χ2n) is 5.79. The number of thiophene rings is 1. The van der Waals surface area contributed by atoms with Crippen LogP contribution in [-0.4, -0.2) is 32.3 Å². The summed E-state index contributed by atoms with van der Waals surface area (Å²) in [6.07, 6.45) is 1.63. The summed E-state index contributed by atoms with van der Waals surface area (Å²) in [5.41, 5.74) is 1.07. The van der Waals surface area contributed by atoms with Gasteiger partial charge in [0.15, 0.2) is 5.82 Å². The van der Waals surface area contributed by atoms with Gasteiger partial charge in [0.1, 0.15) is 11.9 Å². The SMILES string of the molecule is Cn1cnc(-c2ccc(C(=O)NCC(C)(O)c3ccsc3)cc2)n1. The Kier molecular flexibility index (Phi) is 4.46. The molecule has 6 nitrogen and oxygen atoms in total. The molecule has 3 rings (SSSR count). The topological polar surface area (TPSA) is 80.0 Å². The van der Waals surface area contributed by atoms with Gasteiger partial charge in [-0.2, -0.15) is 16.4 Å². The van der Waals surface area contributed by atoms with Gasteiger partial charge in [-0.1, -0.05) is 12.1 Å². The maximum absolute atomic E-state index is 12.3. The zero-order valence-electron chi connectivity index (χ0n) is 13.4. The number of benzene rings is 1. The van der Waals surface area contributed by atoms with E-state index >= 15 is 0 Å². The van der Waals surface area contributed by atoms with Crippen molar-refractivity contribution >= 4 is 17.2 Å². The predicted molar refractivity (Wildman–Crippen MR) is 92.7 cm³/mol. The van der Waals surface area contributed by atoms with Gasteiger partial charge in [-0.25, -0.2) is 4.98 Å². The number of hydrogen-bond donors (Lipinski definition) is 2. The van der Waals surface area contributed by atoms with Crippen LogP contribution in [0.4, 0.5) is 0 Å². The molecule has 1 unspecified atom stereocenters. The fourth-order valence-corrected chi connectivity index (χ4v) is 3.05. The summed E-state index contributed by atoms with van der Waals surface area (Å²) < 4.78 is 1.63. The molecule has 124 valence electrons. The standard InChI is InChI=1S/C17H18N4O2S/c1-17(23,14-7-8-24-9-14)10-18-16(22)13-5-3-12(4-6-13)15-19-11-21(2)20-15/h3-9,11,23H,10H2,1-2H3,(H,18,22). The van der Waals surface area contributed by atoms with E-state index in [0.717, 1.165) is 11.1 Å². The average molecular weight is 342 g/mol. The van der Waals surface area contributed by atoms with Gasteiger partial charge in [0.05, 0.1) is 6.54 Å². The maximum Gasteiger partial charge on any atom is 0.251 e. The van der Waals surface area contributed by atoms with Crippen LogP contribution in [0.3, 0.4) is 0 Å². The van der Waals surface area contributed by atoms with Crippen molar-refractivity contribution in [3.05, 3.63) is 58.5 Å². The third-order valence-corrected chi connectivity index (χ3v) is 4.42. The highest BCUT2D eigenvalue weighted by Gasteiger charge is 2.24. The van der Waals surface area contributed by atoms with Crippen molar-refractivity contribution in [2.75, 3.05) is 6.54 Å². The molecule has 1 atom stereocenters. The highest BCUT2D eigenvalue weighted by Crippen LogP contribution is 2.22. The monoisotopic (exact) mass is 342 g/mol. The molecule has 2 aromatic heterocycles. The minimum Gasteiger partial charge on any atom is -0.384 e. The lowest BCUT2D eigenvalue weighted by molar-refractivity contribution is 0.0530. The largest absolute Gasteiger partial charge is 0.384 e. The van der Waals surface area contributed by atoms with Crippen LogP contribution in [0.5, 0.6) is 0 Å². The summed E-state index contributed by atoms with van der Waals surface area (Å²) in [6, 6.07) is 8.91. The third kappa shape index (κ3) is 3.52. The molecular weight excluding hydrogens is 324 g/mol. The number of rotatable bonds is 5. The van der Waals surface area contributed by atoms with Crippen molar-refractivity contribution in [1.29, 1.82) is 0 Å². The first-order valence-corrected chi connectivity index (χ1v) is 8.39. The number of aromatic nitrogens is 3. The molecule has 0 bridgehead atoms. The first-order chi connectivity index (χ1) is 11.5. The predicted octanol–water partition coefficient (Wildman–Crippen LogP) is 2.18. The van der Waals surface area contributed by atoms with Gasteiger partial charge in [-0.15, -0.1) is 0 Å². The molecule has 0 aliphatic rings. The number of nitrogens with zero attached hydrogens (tertiary/aromatic N) is 3. The van der Waals surface area contributed by atoms with Crippen LogP contribution in [0, 0.1) is 0 Å². The molecule has 0 aliphatic heterocycles. The Morgan fingerprint density at radius 3 is 2.67 bits per heavy atom. The average Bonchev–Trinajstić information content (AvgIpc) is 3.25. The fourth-order valence-electron chi connectivity index (χ4n) is 2.27. The second kappa shape index (κ2) is 6.54. The first kappa shape index (κ1) is 16.4. The summed E-state index contributed by atoms with van der Waals surface area (Å²) >= 11 is 1.51. The molecule has 0 radical (unpaired) electrons. The number of carbonyl (C=O) groups excluding carboxylic acids is 1. The number of hydrogen-bond acceptors (Lipinski definition) is 5. The Labute approximate surface area is 143 Å². The molecule has 1 aromatic carbocycles. The van der Waals surface area contributed by atoms with E-state index in [-0.39, 0.29) is 12.5 Å². The van der Waals surface area contributed by atoms with Gasteiger partial charge in [-0.05, 0) is 41.4 Å². The number of amides is 1. The fraction of sp³-hybridized carbons (Fsp3) is 0.235. The first-order valence-electron chi connectivity index (χ1n) is 7.45. The summed E-state index contributed by atoms with van der Waals surface area (Å²) in [7, 11) is 1.80. The van der Waals surface area contributed by atoms with Gasteiger partial charge in [0, 0.05) is 18.2 Å². The molecule has 3 aromatic rings. The smallest absolute Gasteiger partial charge is 0.251 e. The molecule has 24 heavy (non-hydrogen) atoms. The van der Waals surface area contributed by atoms with Gasteiger partial charge in [0.25, 0.3) is 5.91 Å². The molecule has 0 saturated carbocycles. The minimum atomic E-state index is -1.09. The van der Waals surface area contributed by atoms with Crippen molar-refractivity contribution < 1.29 is 9.90 Å². The molecule has 0 aliphatic carbocycles. The lowest BCUT2D eigenvalue weighted by Crippen LogP contribution is -2.38. The highest BCUT2D eigenvalue weighted by atomic mass is 32.1. The van der Waals surface area contributed by atoms with Gasteiger partial charge in [0.2, 0.25) is 0 Å². The van der Waals surface area contributed by atoms with Crippen molar-refractivity contribution in [1.82, 2.24) is 20.1 Å². The quantitative estimate of drug-likeness (QED) is 0.745. The van der Waals surface area contributed by atoms with Crippen molar-refractivity contribution in [3.63, 3.8) is 0 Å². The lowest BCUT2D eigenvalue weighted by atomic mass is 9.99. The van der Waals surface area contributed by atoms with E-state index in [1.165, 1.54) is 11.3 Å². The highest BCUT2D eigenvalue weighted by molar-refractivity contribution is 7.08. The van der Waals surface area contributed by atoms with E-state index in [9.17, 15) is 9.90 Å². The van der Waals surface area contributed by atoms with Crippen molar-refractivity contribution in [2.24, 2.45) is 7.05 Å². The Bertz CT molecular complexity index is 823. The minimum absolute atomic E-state index is 0.145. The molecule has 2 N–H and O–H groups in total. The Hall–Kier alpha value is -2.51. The Balaban J connectivity index is 1.65. The summed E-state index contributed by atoms with van der Waals surface area (Å²) in [4.78, 5) is 16.4. The van der Waals surface area contributed by atoms with Crippen LogP contribution in [0.25, 0.3) is 11.4 Å². The number of aliphatic hydroxyl groups is 1. The zero-order chi connectivity index (χ0) is 17.2.